The van der Waals surface area contributed by atoms with Gasteiger partial charge in [0, 0.05) is 33.6 Å². The van der Waals surface area contributed by atoms with E-state index in [2.05, 4.69) is 10.3 Å². The van der Waals surface area contributed by atoms with E-state index in [1.807, 2.05) is 0 Å². The summed E-state index contributed by atoms with van der Waals surface area (Å²) in [5.41, 5.74) is 6.76. The largest absolute Gasteiger partial charge is 0.396 e. The molecule has 0 bridgehead atoms. The van der Waals surface area contributed by atoms with E-state index in [0.717, 1.165) is 19.3 Å². The summed E-state index contributed by atoms with van der Waals surface area (Å²) in [6.07, 6.45) is 2.74. The molecule has 1 saturated heterocycles. The number of hydrogen-bond acceptors (Lipinski definition) is 6. The van der Waals surface area contributed by atoms with Gasteiger partial charge in [0.15, 0.2) is 11.6 Å². The van der Waals surface area contributed by atoms with Crippen molar-refractivity contribution in [2.45, 2.75) is 64.0 Å². The summed E-state index contributed by atoms with van der Waals surface area (Å²) in [6.45, 7) is 0.273. The van der Waals surface area contributed by atoms with E-state index < -0.39 is 12.1 Å². The lowest BCUT2D eigenvalue weighted by molar-refractivity contribution is -0.179. The van der Waals surface area contributed by atoms with Crippen molar-refractivity contribution < 1.29 is 22.8 Å². The molecule has 1 saturated carbocycles. The van der Waals surface area contributed by atoms with Crippen LogP contribution < -0.4 is 16.0 Å². The zero-order valence-corrected chi connectivity index (χ0v) is 20.1. The van der Waals surface area contributed by atoms with E-state index in [1.165, 1.54) is 24.2 Å². The zero-order valence-electron chi connectivity index (χ0n) is 20.1. The molecule has 0 atom stereocenters. The number of piperidine rings is 1. The van der Waals surface area contributed by atoms with Crippen molar-refractivity contribution in [3.05, 3.63) is 11.6 Å². The maximum Gasteiger partial charge on any atom is 0.391 e. The second kappa shape index (κ2) is 11.3. The molecule has 1 amide bonds. The van der Waals surface area contributed by atoms with Gasteiger partial charge in [-0.05, 0) is 31.2 Å². The Labute approximate surface area is 199 Å². The Morgan fingerprint density at radius 3 is 2.38 bits per heavy atom. The monoisotopic (exact) mass is 483 g/mol. The Morgan fingerprint density at radius 1 is 1.15 bits per heavy atom. The predicted octanol–water partition coefficient (Wildman–Crippen LogP) is 4.49. The molecular formula is C24H36F3N5O2. The van der Waals surface area contributed by atoms with Crippen LogP contribution in [0.1, 0.15) is 68.1 Å². The van der Waals surface area contributed by atoms with Crippen LogP contribution >= 0.6 is 0 Å². The number of carbonyl (C=O) groups is 2. The highest BCUT2D eigenvalue weighted by Gasteiger charge is 2.41. The van der Waals surface area contributed by atoms with Gasteiger partial charge in [-0.15, -0.1) is 0 Å². The lowest BCUT2D eigenvalue weighted by atomic mass is 9.85. The summed E-state index contributed by atoms with van der Waals surface area (Å²) in [6, 6.07) is 1.56. The van der Waals surface area contributed by atoms with E-state index in [9.17, 15) is 22.8 Å². The molecule has 1 aromatic rings. The highest BCUT2D eigenvalue weighted by atomic mass is 19.4. The van der Waals surface area contributed by atoms with Crippen LogP contribution in [0.2, 0.25) is 0 Å². The number of anilines is 3. The molecule has 0 radical (unpaired) electrons. The van der Waals surface area contributed by atoms with Gasteiger partial charge < -0.3 is 20.9 Å². The van der Waals surface area contributed by atoms with Crippen molar-refractivity contribution in [3.8, 4) is 0 Å². The van der Waals surface area contributed by atoms with E-state index >= 15 is 0 Å². The molecule has 2 fully saturated rings. The molecule has 3 rings (SSSR count). The number of nitrogens with two attached hydrogens (primary N) is 1. The van der Waals surface area contributed by atoms with Crippen molar-refractivity contribution in [3.63, 3.8) is 0 Å². The third kappa shape index (κ3) is 6.76. The summed E-state index contributed by atoms with van der Waals surface area (Å²) in [7, 11) is 3.26. The quantitative estimate of drug-likeness (QED) is 0.530. The molecule has 0 spiro atoms. The minimum Gasteiger partial charge on any atom is -0.396 e. The zero-order chi connectivity index (χ0) is 24.9. The highest BCUT2D eigenvalue weighted by molar-refractivity contribution is 6.02. The Morgan fingerprint density at radius 2 is 1.79 bits per heavy atom. The number of likely N-dealkylation sites (N-methyl/N-ethyl adjacent to an activating group) is 1. The van der Waals surface area contributed by atoms with Gasteiger partial charge in [0.1, 0.15) is 5.82 Å². The van der Waals surface area contributed by atoms with Gasteiger partial charge in [0.05, 0.1) is 23.7 Å². The number of amides is 1. The summed E-state index contributed by atoms with van der Waals surface area (Å²) in [5.74, 6) is -0.476. The molecule has 10 heteroatoms. The predicted molar refractivity (Wildman–Crippen MR) is 127 cm³/mol. The Kier molecular flexibility index (Phi) is 8.65. The molecule has 0 aromatic carbocycles. The number of nitrogens with one attached hydrogen (secondary N) is 1. The van der Waals surface area contributed by atoms with E-state index in [4.69, 9.17) is 5.73 Å². The number of carbonyl (C=O) groups excluding carboxylic acids is 2. The van der Waals surface area contributed by atoms with Gasteiger partial charge in [-0.2, -0.15) is 13.2 Å². The number of nitrogens with zero attached hydrogens (tertiary/aromatic N) is 3. The first-order chi connectivity index (χ1) is 16.1. The fraction of sp³-hybridized carbons (Fsp3) is 0.708. The van der Waals surface area contributed by atoms with Crippen LogP contribution in [0.5, 0.6) is 0 Å². The fourth-order valence-corrected chi connectivity index (χ4v) is 4.79. The van der Waals surface area contributed by atoms with E-state index in [-0.39, 0.29) is 55.7 Å². The van der Waals surface area contributed by atoms with Crippen molar-refractivity contribution >= 4 is 29.0 Å². The van der Waals surface area contributed by atoms with Crippen LogP contribution in [-0.2, 0) is 4.79 Å². The molecule has 1 aromatic heterocycles. The summed E-state index contributed by atoms with van der Waals surface area (Å²) in [4.78, 5) is 32.9. The standard InChI is InChI=1S/C24H36F3N5O2/c1-31(2)21(34)15-29-22-19(28)14-18(20(33)9-8-16-6-4-3-5-7-16)23(30-22)32-12-10-17(11-13-32)24(25,26)27/h14,16-17H,3-13,15,28H2,1-2H3,(H,29,30). The average molecular weight is 484 g/mol. The normalized spacial score (nSPS) is 18.1. The molecule has 34 heavy (non-hydrogen) atoms. The molecule has 0 unspecified atom stereocenters. The highest BCUT2D eigenvalue weighted by Crippen LogP contribution is 2.37. The summed E-state index contributed by atoms with van der Waals surface area (Å²) in [5, 5.41) is 2.91. The van der Waals surface area contributed by atoms with Crippen molar-refractivity contribution in [1.82, 2.24) is 9.88 Å². The lowest BCUT2D eigenvalue weighted by Crippen LogP contribution is -2.40. The number of nitrogen functional groups attached to an aromatic ring is 1. The summed E-state index contributed by atoms with van der Waals surface area (Å²) >= 11 is 0. The van der Waals surface area contributed by atoms with Gasteiger partial charge >= 0.3 is 6.18 Å². The van der Waals surface area contributed by atoms with Crippen molar-refractivity contribution in [2.24, 2.45) is 11.8 Å². The van der Waals surface area contributed by atoms with E-state index in [0.29, 0.717) is 23.7 Å². The van der Waals surface area contributed by atoms with Crippen molar-refractivity contribution in [1.29, 1.82) is 0 Å². The minimum atomic E-state index is -4.22. The van der Waals surface area contributed by atoms with Crippen LogP contribution in [0.4, 0.5) is 30.5 Å². The third-order valence-corrected chi connectivity index (χ3v) is 7.00. The molecule has 1 aliphatic heterocycles. The first-order valence-electron chi connectivity index (χ1n) is 12.2. The topological polar surface area (TPSA) is 91.6 Å². The fourth-order valence-electron chi connectivity index (χ4n) is 4.79. The lowest BCUT2D eigenvalue weighted by Gasteiger charge is -2.34. The van der Waals surface area contributed by atoms with Crippen LogP contribution in [0, 0.1) is 11.8 Å². The number of aromatic nitrogens is 1. The molecule has 2 heterocycles. The van der Waals surface area contributed by atoms with Crippen LogP contribution in [0.15, 0.2) is 6.07 Å². The van der Waals surface area contributed by atoms with Gasteiger partial charge in [-0.25, -0.2) is 4.98 Å². The Hall–Kier alpha value is -2.52. The summed E-state index contributed by atoms with van der Waals surface area (Å²) < 4.78 is 39.5. The molecule has 1 aliphatic carbocycles. The number of hydrogen-bond donors (Lipinski definition) is 2. The number of halogens is 3. The number of Topliss-reactive ketones (excluding diaryl/α,β-unsaturated/α-hetero) is 1. The maximum atomic E-state index is 13.2. The van der Waals surface area contributed by atoms with E-state index in [1.54, 1.807) is 25.1 Å². The smallest absolute Gasteiger partial charge is 0.391 e. The Bertz CT molecular complexity index is 861. The van der Waals surface area contributed by atoms with Crippen LogP contribution in [0.3, 0.4) is 0 Å². The molecule has 7 nitrogen and oxygen atoms in total. The minimum absolute atomic E-state index is 0.0330. The molecule has 3 N–H and O–H groups in total. The maximum absolute atomic E-state index is 13.2. The van der Waals surface area contributed by atoms with Gasteiger partial charge in [-0.3, -0.25) is 9.59 Å². The van der Waals surface area contributed by atoms with Crippen LogP contribution in [-0.4, -0.2) is 61.5 Å². The third-order valence-electron chi connectivity index (χ3n) is 7.00. The van der Waals surface area contributed by atoms with Crippen molar-refractivity contribution in [2.75, 3.05) is 49.7 Å². The average Bonchev–Trinajstić information content (AvgIpc) is 2.81. The van der Waals surface area contributed by atoms with Gasteiger partial charge in [-0.1, -0.05) is 32.1 Å². The number of pyridine rings is 1. The van der Waals surface area contributed by atoms with Gasteiger partial charge in [0.25, 0.3) is 0 Å². The molecular weight excluding hydrogens is 447 g/mol. The number of alkyl halides is 3. The number of rotatable bonds is 8. The first kappa shape index (κ1) is 26.1. The Balaban J connectivity index is 1.80. The van der Waals surface area contributed by atoms with Crippen LogP contribution in [0.25, 0.3) is 0 Å². The molecule has 190 valence electrons. The SMILES string of the molecule is CN(C)C(=O)CNc1nc(N2CCC(C(F)(F)F)CC2)c(C(=O)CCC2CCCCC2)cc1N. The molecule has 2 aliphatic rings. The van der Waals surface area contributed by atoms with Gasteiger partial charge in [0.2, 0.25) is 5.91 Å². The second-order valence-electron chi connectivity index (χ2n) is 9.71. The number of ketones is 1. The first-order valence-corrected chi connectivity index (χ1v) is 12.2. The second-order valence-corrected chi connectivity index (χ2v) is 9.71.